The van der Waals surface area contributed by atoms with Gasteiger partial charge in [0.1, 0.15) is 11.5 Å². The van der Waals surface area contributed by atoms with Crippen molar-refractivity contribution in [3.63, 3.8) is 0 Å². The van der Waals surface area contributed by atoms with E-state index in [1.165, 1.54) is 18.2 Å². The molecule has 0 bridgehead atoms. The molecule has 124 valence electrons. The number of benzene rings is 2. The first kappa shape index (κ1) is 15.8. The van der Waals surface area contributed by atoms with Crippen molar-refractivity contribution >= 4 is 11.6 Å². The van der Waals surface area contributed by atoms with E-state index in [1.54, 1.807) is 6.07 Å². The Balaban J connectivity index is 1.59. The molecular formula is C17H16N2O5. The number of nitro benzene ring substituents is 1. The van der Waals surface area contributed by atoms with Crippen LogP contribution in [0.15, 0.2) is 48.5 Å². The third kappa shape index (κ3) is 3.62. The molecule has 0 saturated carbocycles. The van der Waals surface area contributed by atoms with Gasteiger partial charge in [0.2, 0.25) is 0 Å². The summed E-state index contributed by atoms with van der Waals surface area (Å²) in [6.45, 7) is 0.328. The normalized spacial score (nSPS) is 15.8. The number of rotatable bonds is 5. The van der Waals surface area contributed by atoms with Gasteiger partial charge >= 0.3 is 0 Å². The Hall–Kier alpha value is -3.09. The van der Waals surface area contributed by atoms with E-state index < -0.39 is 4.92 Å². The van der Waals surface area contributed by atoms with Crippen LogP contribution in [0.3, 0.4) is 0 Å². The Morgan fingerprint density at radius 3 is 2.96 bits per heavy atom. The Kier molecular flexibility index (Phi) is 4.60. The zero-order chi connectivity index (χ0) is 16.9. The first-order valence-electron chi connectivity index (χ1n) is 7.52. The molecule has 1 unspecified atom stereocenters. The number of para-hydroxylation sites is 1. The lowest BCUT2D eigenvalue weighted by Crippen LogP contribution is -2.35. The summed E-state index contributed by atoms with van der Waals surface area (Å²) in [6.07, 6.45) is 0.680. The van der Waals surface area contributed by atoms with Crippen LogP contribution in [0.25, 0.3) is 0 Å². The lowest BCUT2D eigenvalue weighted by Gasteiger charge is -2.26. The summed E-state index contributed by atoms with van der Waals surface area (Å²) in [6, 6.07) is 13.2. The fourth-order valence-corrected chi connectivity index (χ4v) is 2.56. The van der Waals surface area contributed by atoms with Crippen LogP contribution in [0, 0.1) is 10.1 Å². The highest BCUT2D eigenvalue weighted by Crippen LogP contribution is 2.31. The van der Waals surface area contributed by atoms with Crippen molar-refractivity contribution in [2.45, 2.75) is 12.5 Å². The predicted octanol–water partition coefficient (Wildman–Crippen LogP) is 2.61. The minimum atomic E-state index is -0.508. The number of carbonyl (C=O) groups is 1. The molecule has 1 aliphatic rings. The molecule has 0 aromatic heterocycles. The fraction of sp³-hybridized carbons (Fsp3) is 0.235. The molecular weight excluding hydrogens is 312 g/mol. The van der Waals surface area contributed by atoms with Gasteiger partial charge in [0.25, 0.3) is 11.6 Å². The van der Waals surface area contributed by atoms with Gasteiger partial charge in [-0.1, -0.05) is 24.3 Å². The second kappa shape index (κ2) is 6.99. The molecule has 0 aliphatic carbocycles. The van der Waals surface area contributed by atoms with Gasteiger partial charge in [-0.2, -0.15) is 0 Å². The van der Waals surface area contributed by atoms with Gasteiger partial charge in [0.05, 0.1) is 23.6 Å². The number of carbonyl (C=O) groups excluding carboxylic acids is 1. The number of hydrogen-bond acceptors (Lipinski definition) is 5. The van der Waals surface area contributed by atoms with Crippen molar-refractivity contribution in [1.82, 2.24) is 5.32 Å². The summed E-state index contributed by atoms with van der Waals surface area (Å²) in [4.78, 5) is 22.3. The maximum atomic E-state index is 12.1. The zero-order valence-corrected chi connectivity index (χ0v) is 12.8. The van der Waals surface area contributed by atoms with Crippen LogP contribution in [0.5, 0.6) is 11.5 Å². The van der Waals surface area contributed by atoms with Crippen molar-refractivity contribution in [1.29, 1.82) is 0 Å². The molecule has 1 aliphatic heterocycles. The Bertz CT molecular complexity index is 762. The SMILES string of the molecule is O=C(COc1cccc([N+](=O)[O-])c1)NC1CCOc2ccccc21. The quantitative estimate of drug-likeness (QED) is 0.673. The Morgan fingerprint density at radius 1 is 1.29 bits per heavy atom. The van der Waals surface area contributed by atoms with Crippen molar-refractivity contribution in [3.05, 3.63) is 64.2 Å². The van der Waals surface area contributed by atoms with Crippen molar-refractivity contribution < 1.29 is 19.2 Å². The minimum absolute atomic E-state index is 0.0775. The number of nitrogens with one attached hydrogen (secondary N) is 1. The maximum absolute atomic E-state index is 12.1. The average Bonchev–Trinajstić information content (AvgIpc) is 2.60. The van der Waals surface area contributed by atoms with E-state index in [0.29, 0.717) is 13.0 Å². The largest absolute Gasteiger partial charge is 0.493 e. The number of ether oxygens (including phenoxy) is 2. The van der Waals surface area contributed by atoms with E-state index >= 15 is 0 Å². The second-order valence-electron chi connectivity index (χ2n) is 5.34. The lowest BCUT2D eigenvalue weighted by molar-refractivity contribution is -0.384. The van der Waals surface area contributed by atoms with E-state index in [9.17, 15) is 14.9 Å². The van der Waals surface area contributed by atoms with Gasteiger partial charge in [-0.25, -0.2) is 0 Å². The van der Waals surface area contributed by atoms with Crippen LogP contribution < -0.4 is 14.8 Å². The molecule has 1 N–H and O–H groups in total. The van der Waals surface area contributed by atoms with Gasteiger partial charge in [0.15, 0.2) is 6.61 Å². The van der Waals surface area contributed by atoms with Crippen LogP contribution in [0.1, 0.15) is 18.0 Å². The third-order valence-electron chi connectivity index (χ3n) is 3.69. The zero-order valence-electron chi connectivity index (χ0n) is 12.8. The van der Waals surface area contributed by atoms with Crippen molar-refractivity contribution in [3.8, 4) is 11.5 Å². The van der Waals surface area contributed by atoms with Crippen LogP contribution in [-0.4, -0.2) is 24.0 Å². The summed E-state index contributed by atoms with van der Waals surface area (Å²) in [5, 5.41) is 13.6. The number of hydrogen-bond donors (Lipinski definition) is 1. The van der Waals surface area contributed by atoms with Gasteiger partial charge in [-0.15, -0.1) is 0 Å². The standard InChI is InChI=1S/C17H16N2O5/c20-17(11-24-13-5-3-4-12(10-13)19(21)22)18-15-8-9-23-16-7-2-1-6-14(15)16/h1-7,10,15H,8-9,11H2,(H,18,20). The molecule has 0 saturated heterocycles. The fourth-order valence-electron chi connectivity index (χ4n) is 2.56. The van der Waals surface area contributed by atoms with Crippen LogP contribution in [-0.2, 0) is 4.79 Å². The molecule has 0 radical (unpaired) electrons. The molecule has 1 atom stereocenters. The first-order chi connectivity index (χ1) is 11.6. The molecule has 0 fully saturated rings. The Labute approximate surface area is 138 Å². The molecule has 24 heavy (non-hydrogen) atoms. The molecule has 2 aromatic carbocycles. The predicted molar refractivity (Wildman–Crippen MR) is 86.0 cm³/mol. The molecule has 1 amide bonds. The number of nitrogens with zero attached hydrogens (tertiary/aromatic N) is 1. The highest BCUT2D eigenvalue weighted by molar-refractivity contribution is 5.78. The second-order valence-corrected chi connectivity index (χ2v) is 5.34. The molecule has 1 heterocycles. The minimum Gasteiger partial charge on any atom is -0.493 e. The van der Waals surface area contributed by atoms with Gasteiger partial charge in [-0.05, 0) is 12.1 Å². The molecule has 0 spiro atoms. The van der Waals surface area contributed by atoms with Gasteiger partial charge < -0.3 is 14.8 Å². The van der Waals surface area contributed by atoms with E-state index in [1.807, 2.05) is 24.3 Å². The summed E-state index contributed by atoms with van der Waals surface area (Å²) in [7, 11) is 0. The van der Waals surface area contributed by atoms with E-state index in [4.69, 9.17) is 9.47 Å². The smallest absolute Gasteiger partial charge is 0.273 e. The third-order valence-corrected chi connectivity index (χ3v) is 3.69. The maximum Gasteiger partial charge on any atom is 0.273 e. The number of nitro groups is 1. The summed E-state index contributed by atoms with van der Waals surface area (Å²) in [5.74, 6) is 0.767. The highest BCUT2D eigenvalue weighted by atomic mass is 16.6. The molecule has 3 rings (SSSR count). The van der Waals surface area contributed by atoms with Gasteiger partial charge in [0, 0.05) is 18.1 Å². The van der Waals surface area contributed by atoms with E-state index in [2.05, 4.69) is 5.32 Å². The summed E-state index contributed by atoms with van der Waals surface area (Å²) in [5.41, 5.74) is 0.860. The highest BCUT2D eigenvalue weighted by Gasteiger charge is 2.22. The first-order valence-corrected chi connectivity index (χ1v) is 7.52. The number of fused-ring (bicyclic) bond motifs is 1. The number of non-ortho nitro benzene ring substituents is 1. The number of amides is 1. The monoisotopic (exact) mass is 328 g/mol. The van der Waals surface area contributed by atoms with Crippen molar-refractivity contribution in [2.24, 2.45) is 0 Å². The van der Waals surface area contributed by atoms with Crippen LogP contribution in [0.4, 0.5) is 5.69 Å². The summed E-state index contributed by atoms with van der Waals surface area (Å²) < 4.78 is 10.9. The van der Waals surface area contributed by atoms with Crippen molar-refractivity contribution in [2.75, 3.05) is 13.2 Å². The van der Waals surface area contributed by atoms with E-state index in [0.717, 1.165) is 11.3 Å². The topological polar surface area (TPSA) is 90.7 Å². The average molecular weight is 328 g/mol. The van der Waals surface area contributed by atoms with Gasteiger partial charge in [-0.3, -0.25) is 14.9 Å². The molecule has 2 aromatic rings. The Morgan fingerprint density at radius 2 is 2.12 bits per heavy atom. The van der Waals surface area contributed by atoms with Crippen LogP contribution >= 0.6 is 0 Å². The molecule has 7 heteroatoms. The molecule has 7 nitrogen and oxygen atoms in total. The summed E-state index contributed by atoms with van der Waals surface area (Å²) >= 11 is 0. The van der Waals surface area contributed by atoms with Crippen LogP contribution in [0.2, 0.25) is 0 Å². The van der Waals surface area contributed by atoms with E-state index in [-0.39, 0.29) is 30.0 Å². The lowest BCUT2D eigenvalue weighted by atomic mass is 10.0.